The van der Waals surface area contributed by atoms with Crippen molar-refractivity contribution in [2.45, 2.75) is 12.2 Å². The standard InChI is InChI=1S/C26H32N2O4/c1-27(21-9-5-3-6-10-21)17-23(29)19-31-25-13-15-26(16-14-25)32-20-24(30)18-28(2)22-11-7-4-8-12-22/h3-16,23-24,29-30H,17-20H2,1-2H3/t23-,24-/m1/s1. The number of para-hydroxylation sites is 2. The second kappa shape index (κ2) is 12.0. The quantitative estimate of drug-likeness (QED) is 0.454. The number of benzene rings is 3. The zero-order chi connectivity index (χ0) is 22.8. The summed E-state index contributed by atoms with van der Waals surface area (Å²) in [6.45, 7) is 1.34. The van der Waals surface area contributed by atoms with Crippen molar-refractivity contribution in [3.63, 3.8) is 0 Å². The normalized spacial score (nSPS) is 12.6. The first-order chi connectivity index (χ1) is 15.5. The number of ether oxygens (including phenoxy) is 2. The second-order valence-corrected chi connectivity index (χ2v) is 7.83. The minimum absolute atomic E-state index is 0.196. The molecule has 0 spiro atoms. The van der Waals surface area contributed by atoms with Gasteiger partial charge in [0.2, 0.25) is 0 Å². The van der Waals surface area contributed by atoms with E-state index in [0.29, 0.717) is 24.6 Å². The van der Waals surface area contributed by atoms with Crippen LogP contribution in [0.4, 0.5) is 11.4 Å². The third-order valence-electron chi connectivity index (χ3n) is 5.07. The minimum atomic E-state index is -0.618. The highest BCUT2D eigenvalue weighted by molar-refractivity contribution is 5.45. The lowest BCUT2D eigenvalue weighted by Crippen LogP contribution is -2.33. The van der Waals surface area contributed by atoms with Crippen LogP contribution >= 0.6 is 0 Å². The lowest BCUT2D eigenvalue weighted by Gasteiger charge is -2.23. The van der Waals surface area contributed by atoms with Gasteiger partial charge in [-0.1, -0.05) is 36.4 Å². The molecule has 0 amide bonds. The topological polar surface area (TPSA) is 65.4 Å². The van der Waals surface area contributed by atoms with Crippen molar-refractivity contribution in [3.05, 3.63) is 84.9 Å². The summed E-state index contributed by atoms with van der Waals surface area (Å²) in [6.07, 6.45) is -1.24. The molecule has 6 nitrogen and oxygen atoms in total. The predicted octanol–water partition coefficient (Wildman–Crippen LogP) is 3.44. The van der Waals surface area contributed by atoms with E-state index >= 15 is 0 Å². The predicted molar refractivity (Wildman–Crippen MR) is 129 cm³/mol. The molecule has 6 heteroatoms. The van der Waals surface area contributed by atoms with Crippen LogP contribution in [0.15, 0.2) is 84.9 Å². The van der Waals surface area contributed by atoms with E-state index in [-0.39, 0.29) is 13.2 Å². The van der Waals surface area contributed by atoms with Crippen LogP contribution in [-0.4, -0.2) is 62.8 Å². The Morgan fingerprint density at radius 3 is 1.28 bits per heavy atom. The maximum absolute atomic E-state index is 10.3. The van der Waals surface area contributed by atoms with E-state index in [0.717, 1.165) is 11.4 Å². The molecule has 2 N–H and O–H groups in total. The highest BCUT2D eigenvalue weighted by Gasteiger charge is 2.11. The van der Waals surface area contributed by atoms with Gasteiger partial charge in [-0.2, -0.15) is 0 Å². The maximum Gasteiger partial charge on any atom is 0.119 e. The molecule has 32 heavy (non-hydrogen) atoms. The van der Waals surface area contributed by atoms with Crippen LogP contribution in [0, 0.1) is 0 Å². The number of likely N-dealkylation sites (N-methyl/N-ethyl adjacent to an activating group) is 2. The summed E-state index contributed by atoms with van der Waals surface area (Å²) in [5, 5.41) is 20.5. The van der Waals surface area contributed by atoms with Gasteiger partial charge in [0, 0.05) is 38.6 Å². The molecule has 0 aliphatic rings. The Bertz CT molecular complexity index is 830. The van der Waals surface area contributed by atoms with Gasteiger partial charge in [0.05, 0.1) is 0 Å². The summed E-state index contributed by atoms with van der Waals surface area (Å²) in [4.78, 5) is 3.98. The summed E-state index contributed by atoms with van der Waals surface area (Å²) in [5.41, 5.74) is 2.09. The summed E-state index contributed by atoms with van der Waals surface area (Å²) >= 11 is 0. The molecule has 0 aromatic heterocycles. The van der Waals surface area contributed by atoms with Crippen molar-refractivity contribution in [2.24, 2.45) is 0 Å². The highest BCUT2D eigenvalue weighted by atomic mass is 16.5. The van der Waals surface area contributed by atoms with E-state index in [1.807, 2.05) is 84.6 Å². The smallest absolute Gasteiger partial charge is 0.119 e. The van der Waals surface area contributed by atoms with Crippen LogP contribution in [0.5, 0.6) is 11.5 Å². The molecule has 0 aliphatic heterocycles. The van der Waals surface area contributed by atoms with Gasteiger partial charge in [0.15, 0.2) is 0 Å². The third-order valence-corrected chi connectivity index (χ3v) is 5.07. The van der Waals surface area contributed by atoms with E-state index < -0.39 is 12.2 Å². The van der Waals surface area contributed by atoms with E-state index in [1.54, 1.807) is 24.3 Å². The molecule has 0 heterocycles. The Morgan fingerprint density at radius 2 is 0.938 bits per heavy atom. The van der Waals surface area contributed by atoms with Crippen molar-refractivity contribution in [1.82, 2.24) is 0 Å². The van der Waals surface area contributed by atoms with Gasteiger partial charge in [-0.3, -0.25) is 0 Å². The van der Waals surface area contributed by atoms with Crippen molar-refractivity contribution >= 4 is 11.4 Å². The molecule has 0 bridgehead atoms. The Hall–Kier alpha value is -3.22. The summed E-state index contributed by atoms with van der Waals surface area (Å²) < 4.78 is 11.4. The first kappa shape index (κ1) is 23.4. The maximum atomic E-state index is 10.3. The van der Waals surface area contributed by atoms with Gasteiger partial charge >= 0.3 is 0 Å². The van der Waals surface area contributed by atoms with Crippen LogP contribution in [0.25, 0.3) is 0 Å². The first-order valence-electron chi connectivity index (χ1n) is 10.8. The molecule has 0 fully saturated rings. The lowest BCUT2D eigenvalue weighted by molar-refractivity contribution is 0.111. The average molecular weight is 437 g/mol. The van der Waals surface area contributed by atoms with Crippen LogP contribution in [0.1, 0.15) is 0 Å². The largest absolute Gasteiger partial charge is 0.491 e. The van der Waals surface area contributed by atoms with Gasteiger partial charge in [0.1, 0.15) is 36.9 Å². The summed E-state index contributed by atoms with van der Waals surface area (Å²) in [6, 6.07) is 27.0. The van der Waals surface area contributed by atoms with Crippen LogP contribution in [-0.2, 0) is 0 Å². The van der Waals surface area contributed by atoms with Crippen molar-refractivity contribution in [3.8, 4) is 11.5 Å². The minimum Gasteiger partial charge on any atom is -0.491 e. The number of anilines is 2. The Balaban J connectivity index is 1.38. The van der Waals surface area contributed by atoms with Crippen molar-refractivity contribution in [2.75, 3.05) is 50.2 Å². The lowest BCUT2D eigenvalue weighted by atomic mass is 10.2. The highest BCUT2D eigenvalue weighted by Crippen LogP contribution is 2.19. The van der Waals surface area contributed by atoms with Gasteiger partial charge in [-0.25, -0.2) is 0 Å². The Kier molecular flexibility index (Phi) is 8.78. The van der Waals surface area contributed by atoms with E-state index in [4.69, 9.17) is 9.47 Å². The number of aliphatic hydroxyl groups excluding tert-OH is 2. The number of aliphatic hydroxyl groups is 2. The van der Waals surface area contributed by atoms with Crippen molar-refractivity contribution in [1.29, 1.82) is 0 Å². The number of hydrogen-bond acceptors (Lipinski definition) is 6. The molecule has 3 aromatic rings. The van der Waals surface area contributed by atoms with E-state index in [1.165, 1.54) is 0 Å². The first-order valence-corrected chi connectivity index (χ1v) is 10.8. The van der Waals surface area contributed by atoms with Crippen LogP contribution < -0.4 is 19.3 Å². The molecule has 0 saturated carbocycles. The van der Waals surface area contributed by atoms with Crippen molar-refractivity contribution < 1.29 is 19.7 Å². The van der Waals surface area contributed by atoms with Crippen LogP contribution in [0.2, 0.25) is 0 Å². The van der Waals surface area contributed by atoms with Gasteiger partial charge in [-0.15, -0.1) is 0 Å². The molecule has 2 atom stereocenters. The molecule has 0 saturated heterocycles. The molecule has 3 aromatic carbocycles. The molecular formula is C26H32N2O4. The SMILES string of the molecule is CN(C[C@@H](O)COc1ccc(OC[C@H](O)CN(C)c2ccccc2)cc1)c1ccccc1. The Labute approximate surface area is 190 Å². The average Bonchev–Trinajstić information content (AvgIpc) is 2.83. The van der Waals surface area contributed by atoms with Gasteiger partial charge in [0.25, 0.3) is 0 Å². The zero-order valence-electron chi connectivity index (χ0n) is 18.7. The monoisotopic (exact) mass is 436 g/mol. The van der Waals surface area contributed by atoms with Crippen LogP contribution in [0.3, 0.4) is 0 Å². The van der Waals surface area contributed by atoms with Gasteiger partial charge in [-0.05, 0) is 48.5 Å². The molecule has 170 valence electrons. The molecular weight excluding hydrogens is 404 g/mol. The molecule has 3 rings (SSSR count). The zero-order valence-corrected chi connectivity index (χ0v) is 18.7. The van der Waals surface area contributed by atoms with E-state index in [9.17, 15) is 10.2 Å². The fraction of sp³-hybridized carbons (Fsp3) is 0.308. The molecule has 0 unspecified atom stereocenters. The van der Waals surface area contributed by atoms with E-state index in [2.05, 4.69) is 0 Å². The summed E-state index contributed by atoms with van der Waals surface area (Å²) in [7, 11) is 3.88. The number of rotatable bonds is 12. The fourth-order valence-corrected chi connectivity index (χ4v) is 3.33. The third kappa shape index (κ3) is 7.48. The number of hydrogen-bond donors (Lipinski definition) is 2. The number of nitrogens with zero attached hydrogens (tertiary/aromatic N) is 2. The second-order valence-electron chi connectivity index (χ2n) is 7.83. The molecule has 0 aliphatic carbocycles. The molecule has 0 radical (unpaired) electrons. The summed E-state index contributed by atoms with van der Waals surface area (Å²) in [5.74, 6) is 1.31. The fourth-order valence-electron chi connectivity index (χ4n) is 3.33. The van der Waals surface area contributed by atoms with Gasteiger partial charge < -0.3 is 29.5 Å². The Morgan fingerprint density at radius 1 is 0.594 bits per heavy atom.